The zero-order chi connectivity index (χ0) is 16.2. The number of nitrogens with zero attached hydrogens (tertiary/aromatic N) is 1. The fourth-order valence-electron chi connectivity index (χ4n) is 2.18. The van der Waals surface area contributed by atoms with Crippen molar-refractivity contribution in [2.24, 2.45) is 0 Å². The molecule has 1 heterocycles. The molecule has 1 aromatic heterocycles. The van der Waals surface area contributed by atoms with Crippen molar-refractivity contribution in [1.82, 2.24) is 4.98 Å². The minimum Gasteiger partial charge on any atom is -0.248 e. The van der Waals surface area contributed by atoms with Crippen LogP contribution in [0.1, 0.15) is 11.9 Å². The highest BCUT2D eigenvalue weighted by Gasteiger charge is 2.07. The van der Waals surface area contributed by atoms with Crippen molar-refractivity contribution in [2.45, 2.75) is 27.3 Å². The largest absolute Gasteiger partial charge is 0.248 e. The van der Waals surface area contributed by atoms with Gasteiger partial charge in [0.2, 0.25) is 0 Å². The first-order valence-electron chi connectivity index (χ1n) is 7.25. The van der Waals surface area contributed by atoms with Gasteiger partial charge in [0, 0.05) is 9.79 Å². The Morgan fingerprint density at radius 3 is 2.43 bits per heavy atom. The van der Waals surface area contributed by atoms with E-state index in [1.54, 1.807) is 34.9 Å². The molecule has 0 aliphatic carbocycles. The van der Waals surface area contributed by atoms with Gasteiger partial charge in [-0.15, -0.1) is 23.1 Å². The lowest BCUT2D eigenvalue weighted by molar-refractivity contribution is 0.628. The van der Waals surface area contributed by atoms with E-state index in [1.807, 2.05) is 18.3 Å². The molecular weight excluding hydrogens is 345 g/mol. The number of thiazole rings is 1. The van der Waals surface area contributed by atoms with Gasteiger partial charge in [-0.25, -0.2) is 9.37 Å². The van der Waals surface area contributed by atoms with Crippen molar-refractivity contribution >= 4 is 34.9 Å². The van der Waals surface area contributed by atoms with Gasteiger partial charge in [0.25, 0.3) is 0 Å². The van der Waals surface area contributed by atoms with E-state index in [-0.39, 0.29) is 5.82 Å². The monoisotopic (exact) mass is 361 g/mol. The Hall–Kier alpha value is -1.30. The molecule has 0 radical (unpaired) electrons. The average Bonchev–Trinajstić information content (AvgIpc) is 3.02. The molecule has 3 aromatic rings. The van der Waals surface area contributed by atoms with Crippen molar-refractivity contribution in [2.75, 3.05) is 6.26 Å². The third-order valence-corrected chi connectivity index (χ3v) is 6.27. The maximum absolute atomic E-state index is 13.1. The summed E-state index contributed by atoms with van der Waals surface area (Å²) < 4.78 is 14.3. The van der Waals surface area contributed by atoms with E-state index in [4.69, 9.17) is 0 Å². The molecule has 0 N–H and O–H groups in total. The number of rotatable bonds is 5. The molecule has 23 heavy (non-hydrogen) atoms. The third kappa shape index (κ3) is 4.16. The molecule has 0 bridgehead atoms. The molecular formula is C18H16FNS3. The van der Waals surface area contributed by atoms with Crippen LogP contribution < -0.4 is 0 Å². The summed E-state index contributed by atoms with van der Waals surface area (Å²) in [5.74, 6) is -0.207. The summed E-state index contributed by atoms with van der Waals surface area (Å²) in [6, 6.07) is 13.1. The predicted molar refractivity (Wildman–Crippen MR) is 99.2 cm³/mol. The molecule has 0 unspecified atom stereocenters. The van der Waals surface area contributed by atoms with Crippen LogP contribution in [-0.4, -0.2) is 11.2 Å². The Morgan fingerprint density at radius 2 is 1.78 bits per heavy atom. The lowest BCUT2D eigenvalue weighted by atomic mass is 10.1. The molecule has 0 fully saturated rings. The van der Waals surface area contributed by atoms with Crippen LogP contribution in [0.2, 0.25) is 0 Å². The lowest BCUT2D eigenvalue weighted by Crippen LogP contribution is -1.82. The van der Waals surface area contributed by atoms with Crippen LogP contribution in [0.5, 0.6) is 0 Å². The van der Waals surface area contributed by atoms with E-state index >= 15 is 0 Å². The molecule has 0 spiro atoms. The maximum Gasteiger partial charge on any atom is 0.123 e. The first-order chi connectivity index (χ1) is 11.2. The minimum atomic E-state index is -0.207. The van der Waals surface area contributed by atoms with E-state index in [0.717, 1.165) is 22.6 Å². The lowest BCUT2D eigenvalue weighted by Gasteiger charge is -2.08. The Morgan fingerprint density at radius 1 is 1.04 bits per heavy atom. The Kier molecular flexibility index (Phi) is 5.41. The number of thioether (sulfide) groups is 1. The number of aryl methyl sites for hydroxylation is 1. The maximum atomic E-state index is 13.1. The topological polar surface area (TPSA) is 12.9 Å². The summed E-state index contributed by atoms with van der Waals surface area (Å²) >= 11 is 5.19. The average molecular weight is 362 g/mol. The molecule has 0 amide bonds. The molecule has 0 saturated carbocycles. The predicted octanol–water partition coefficient (Wildman–Crippen LogP) is 6.38. The van der Waals surface area contributed by atoms with E-state index in [2.05, 4.69) is 36.4 Å². The fourth-order valence-corrected chi connectivity index (χ4v) is 4.78. The van der Waals surface area contributed by atoms with Crippen molar-refractivity contribution < 1.29 is 4.39 Å². The van der Waals surface area contributed by atoms with Gasteiger partial charge >= 0.3 is 0 Å². The Labute approximate surface area is 148 Å². The van der Waals surface area contributed by atoms with E-state index in [0.29, 0.717) is 0 Å². The van der Waals surface area contributed by atoms with Gasteiger partial charge in [0.15, 0.2) is 0 Å². The number of benzene rings is 2. The zero-order valence-corrected chi connectivity index (χ0v) is 15.3. The molecule has 0 atom stereocenters. The summed E-state index contributed by atoms with van der Waals surface area (Å²) in [6.45, 7) is 2.12. The van der Waals surface area contributed by atoms with Gasteiger partial charge in [-0.05, 0) is 54.1 Å². The van der Waals surface area contributed by atoms with Crippen molar-refractivity contribution in [1.29, 1.82) is 0 Å². The van der Waals surface area contributed by atoms with Gasteiger partial charge in [-0.1, -0.05) is 30.8 Å². The molecule has 0 saturated heterocycles. The zero-order valence-electron chi connectivity index (χ0n) is 12.9. The van der Waals surface area contributed by atoms with Crippen LogP contribution in [-0.2, 0) is 6.42 Å². The van der Waals surface area contributed by atoms with Gasteiger partial charge in [-0.3, -0.25) is 0 Å². The summed E-state index contributed by atoms with van der Waals surface area (Å²) in [6.07, 6.45) is 4.98. The van der Waals surface area contributed by atoms with Crippen molar-refractivity contribution in [3.8, 4) is 11.1 Å². The standard InChI is InChI=1S/C18H16FNS3/c1-3-17-20-11-18(23-17)22-16-9-13(8-15(10-16)21-2)12-4-6-14(19)7-5-12/h4-11H,3H2,1-2H3. The molecule has 5 heteroatoms. The van der Waals surface area contributed by atoms with Crippen LogP contribution in [0, 0.1) is 5.82 Å². The molecule has 0 aliphatic rings. The van der Waals surface area contributed by atoms with Gasteiger partial charge in [0.05, 0.1) is 15.4 Å². The second-order valence-corrected chi connectivity index (χ2v) is 8.30. The molecule has 0 aliphatic heterocycles. The molecule has 1 nitrogen and oxygen atoms in total. The second-order valence-electron chi connectivity index (χ2n) is 4.93. The van der Waals surface area contributed by atoms with Gasteiger partial charge < -0.3 is 0 Å². The quantitative estimate of drug-likeness (QED) is 0.489. The third-order valence-electron chi connectivity index (χ3n) is 3.35. The first-order valence-corrected chi connectivity index (χ1v) is 10.1. The van der Waals surface area contributed by atoms with E-state index < -0.39 is 0 Å². The molecule has 3 rings (SSSR count). The Bertz CT molecular complexity index is 796. The van der Waals surface area contributed by atoms with E-state index in [1.165, 1.54) is 26.1 Å². The smallest absolute Gasteiger partial charge is 0.123 e. The number of hydrogen-bond acceptors (Lipinski definition) is 4. The highest BCUT2D eigenvalue weighted by atomic mass is 32.2. The summed E-state index contributed by atoms with van der Waals surface area (Å²) in [4.78, 5) is 6.80. The SMILES string of the molecule is CCc1ncc(Sc2cc(SC)cc(-c3ccc(F)cc3)c2)s1. The highest BCUT2D eigenvalue weighted by molar-refractivity contribution is 8.01. The van der Waals surface area contributed by atoms with Crippen molar-refractivity contribution in [3.05, 3.63) is 59.5 Å². The number of aromatic nitrogens is 1. The van der Waals surface area contributed by atoms with E-state index in [9.17, 15) is 4.39 Å². The van der Waals surface area contributed by atoms with Crippen LogP contribution in [0.3, 0.4) is 0 Å². The summed E-state index contributed by atoms with van der Waals surface area (Å²) in [7, 11) is 0. The van der Waals surface area contributed by atoms with Crippen molar-refractivity contribution in [3.63, 3.8) is 0 Å². The van der Waals surface area contributed by atoms with Crippen LogP contribution in [0.4, 0.5) is 4.39 Å². The summed E-state index contributed by atoms with van der Waals surface area (Å²) in [5, 5.41) is 1.16. The van der Waals surface area contributed by atoms with Gasteiger partial charge in [-0.2, -0.15) is 0 Å². The number of halogens is 1. The first kappa shape index (κ1) is 16.6. The second kappa shape index (κ2) is 7.51. The molecule has 118 valence electrons. The molecule has 2 aromatic carbocycles. The minimum absolute atomic E-state index is 0.207. The van der Waals surface area contributed by atoms with Crippen LogP contribution in [0.15, 0.2) is 62.7 Å². The van der Waals surface area contributed by atoms with Crippen LogP contribution in [0.25, 0.3) is 11.1 Å². The summed E-state index contributed by atoms with van der Waals surface area (Å²) in [5.41, 5.74) is 2.14. The number of hydrogen-bond donors (Lipinski definition) is 0. The van der Waals surface area contributed by atoms with Gasteiger partial charge in [0.1, 0.15) is 5.82 Å². The normalized spacial score (nSPS) is 10.9. The Balaban J connectivity index is 1.93. The fraction of sp³-hybridized carbons (Fsp3) is 0.167. The van der Waals surface area contributed by atoms with Crippen LogP contribution >= 0.6 is 34.9 Å². The highest BCUT2D eigenvalue weighted by Crippen LogP contribution is 2.37.